The van der Waals surface area contributed by atoms with Gasteiger partial charge in [-0.05, 0) is 42.8 Å². The zero-order chi connectivity index (χ0) is 15.8. The molecule has 0 N–H and O–H groups in total. The van der Waals surface area contributed by atoms with Crippen molar-refractivity contribution in [3.05, 3.63) is 71.3 Å². The van der Waals surface area contributed by atoms with Gasteiger partial charge in [0, 0.05) is 24.0 Å². The number of aryl methyl sites for hydroxylation is 1. The van der Waals surface area contributed by atoms with Gasteiger partial charge < -0.3 is 9.14 Å². The van der Waals surface area contributed by atoms with Gasteiger partial charge in [0.25, 0.3) is 0 Å². The Morgan fingerprint density at radius 2 is 2.09 bits per heavy atom. The summed E-state index contributed by atoms with van der Waals surface area (Å²) in [7, 11) is 0. The van der Waals surface area contributed by atoms with Gasteiger partial charge in [0.2, 0.25) is 0 Å². The van der Waals surface area contributed by atoms with Crippen LogP contribution in [0.2, 0.25) is 5.02 Å². The molecule has 4 nitrogen and oxygen atoms in total. The molecule has 0 aliphatic carbocycles. The zero-order valence-corrected chi connectivity index (χ0v) is 13.3. The standard InChI is InChI=1S/C18H14ClN3O/c1-12-4-3-9-22-10-13(21-18(12)22)11-23-16-7-6-15(19)14-5-2-8-20-17(14)16/h2-10H,11H2,1H3. The molecule has 0 radical (unpaired) electrons. The second-order valence-electron chi connectivity index (χ2n) is 5.39. The van der Waals surface area contributed by atoms with Gasteiger partial charge in [-0.15, -0.1) is 0 Å². The highest BCUT2D eigenvalue weighted by atomic mass is 35.5. The number of fused-ring (bicyclic) bond motifs is 2. The van der Waals surface area contributed by atoms with Crippen molar-refractivity contribution in [2.24, 2.45) is 0 Å². The smallest absolute Gasteiger partial charge is 0.146 e. The highest BCUT2D eigenvalue weighted by Gasteiger charge is 2.09. The predicted octanol–water partition coefficient (Wildman–Crippen LogP) is 4.42. The average Bonchev–Trinajstić information content (AvgIpc) is 2.99. The number of ether oxygens (including phenoxy) is 1. The summed E-state index contributed by atoms with van der Waals surface area (Å²) in [5.41, 5.74) is 3.72. The van der Waals surface area contributed by atoms with Gasteiger partial charge in [-0.25, -0.2) is 4.98 Å². The lowest BCUT2D eigenvalue weighted by Gasteiger charge is -2.08. The van der Waals surface area contributed by atoms with Gasteiger partial charge in [0.1, 0.15) is 23.5 Å². The monoisotopic (exact) mass is 323 g/mol. The summed E-state index contributed by atoms with van der Waals surface area (Å²) in [6, 6.07) is 11.5. The van der Waals surface area contributed by atoms with Gasteiger partial charge in [-0.2, -0.15) is 0 Å². The van der Waals surface area contributed by atoms with Crippen LogP contribution in [-0.2, 0) is 6.61 Å². The lowest BCUT2D eigenvalue weighted by Crippen LogP contribution is -1.97. The number of nitrogens with zero attached hydrogens (tertiary/aromatic N) is 3. The zero-order valence-electron chi connectivity index (χ0n) is 12.5. The Kier molecular flexibility index (Phi) is 3.39. The Hall–Kier alpha value is -2.59. The van der Waals surface area contributed by atoms with Crippen molar-refractivity contribution in [1.82, 2.24) is 14.4 Å². The number of rotatable bonds is 3. The number of halogens is 1. The Morgan fingerprint density at radius 1 is 1.17 bits per heavy atom. The molecule has 0 aliphatic heterocycles. The maximum absolute atomic E-state index is 6.21. The summed E-state index contributed by atoms with van der Waals surface area (Å²) >= 11 is 6.21. The lowest BCUT2D eigenvalue weighted by atomic mass is 10.2. The van der Waals surface area contributed by atoms with Gasteiger partial charge in [-0.1, -0.05) is 17.7 Å². The van der Waals surface area contributed by atoms with Crippen LogP contribution in [0.1, 0.15) is 11.3 Å². The minimum Gasteiger partial charge on any atom is -0.485 e. The van der Waals surface area contributed by atoms with Crippen molar-refractivity contribution >= 4 is 28.2 Å². The first kappa shape index (κ1) is 14.0. The molecule has 0 aliphatic rings. The number of imidazole rings is 1. The van der Waals surface area contributed by atoms with Crippen LogP contribution in [-0.4, -0.2) is 14.4 Å². The number of benzene rings is 1. The van der Waals surface area contributed by atoms with Crippen LogP contribution in [0.15, 0.2) is 55.0 Å². The fourth-order valence-corrected chi connectivity index (χ4v) is 2.87. The summed E-state index contributed by atoms with van der Waals surface area (Å²) in [6.45, 7) is 2.43. The number of pyridine rings is 2. The van der Waals surface area contributed by atoms with Crippen molar-refractivity contribution in [2.45, 2.75) is 13.5 Å². The summed E-state index contributed by atoms with van der Waals surface area (Å²) in [4.78, 5) is 8.99. The Labute approximate surface area is 138 Å². The molecular formula is C18H14ClN3O. The first-order chi connectivity index (χ1) is 11.2. The molecule has 0 unspecified atom stereocenters. The highest BCUT2D eigenvalue weighted by molar-refractivity contribution is 6.35. The largest absolute Gasteiger partial charge is 0.485 e. The normalized spacial score (nSPS) is 11.2. The van der Waals surface area contributed by atoms with Crippen molar-refractivity contribution in [2.75, 3.05) is 0 Å². The molecule has 0 saturated heterocycles. The van der Waals surface area contributed by atoms with E-state index < -0.39 is 0 Å². The summed E-state index contributed by atoms with van der Waals surface area (Å²) in [6.07, 6.45) is 5.70. The van der Waals surface area contributed by atoms with E-state index in [2.05, 4.69) is 9.97 Å². The molecule has 0 amide bonds. The molecule has 114 valence electrons. The van der Waals surface area contributed by atoms with Crippen LogP contribution in [0, 0.1) is 6.92 Å². The van der Waals surface area contributed by atoms with Crippen LogP contribution < -0.4 is 4.74 Å². The van der Waals surface area contributed by atoms with E-state index in [1.165, 1.54) is 0 Å². The van der Waals surface area contributed by atoms with E-state index >= 15 is 0 Å². The van der Waals surface area contributed by atoms with E-state index in [-0.39, 0.29) is 0 Å². The maximum Gasteiger partial charge on any atom is 0.146 e. The van der Waals surface area contributed by atoms with Gasteiger partial charge in [0.05, 0.1) is 10.7 Å². The maximum atomic E-state index is 6.21. The first-order valence-electron chi connectivity index (χ1n) is 7.31. The van der Waals surface area contributed by atoms with Gasteiger partial charge >= 0.3 is 0 Å². The first-order valence-corrected chi connectivity index (χ1v) is 7.69. The third kappa shape index (κ3) is 2.51. The topological polar surface area (TPSA) is 39.4 Å². The Morgan fingerprint density at radius 3 is 2.96 bits per heavy atom. The summed E-state index contributed by atoms with van der Waals surface area (Å²) in [5, 5.41) is 1.56. The van der Waals surface area contributed by atoms with Crippen LogP contribution in [0.4, 0.5) is 0 Å². The minimum atomic E-state index is 0.383. The highest BCUT2D eigenvalue weighted by Crippen LogP contribution is 2.30. The SMILES string of the molecule is Cc1cccn2cc(COc3ccc(Cl)c4cccnc34)nc12. The third-order valence-electron chi connectivity index (χ3n) is 3.78. The third-order valence-corrected chi connectivity index (χ3v) is 4.11. The molecule has 0 atom stereocenters. The van der Waals surface area contributed by atoms with Crippen molar-refractivity contribution in [3.8, 4) is 5.75 Å². The van der Waals surface area contributed by atoms with Crippen LogP contribution >= 0.6 is 11.6 Å². The molecule has 0 spiro atoms. The molecule has 3 heterocycles. The molecule has 23 heavy (non-hydrogen) atoms. The van der Waals surface area contributed by atoms with Crippen molar-refractivity contribution in [1.29, 1.82) is 0 Å². The summed E-state index contributed by atoms with van der Waals surface area (Å²) in [5.74, 6) is 0.707. The van der Waals surface area contributed by atoms with E-state index in [1.807, 2.05) is 60.1 Å². The summed E-state index contributed by atoms with van der Waals surface area (Å²) < 4.78 is 7.94. The quantitative estimate of drug-likeness (QED) is 0.560. The van der Waals surface area contributed by atoms with Crippen LogP contribution in [0.3, 0.4) is 0 Å². The molecule has 0 fully saturated rings. The van der Waals surface area contributed by atoms with E-state index in [9.17, 15) is 0 Å². The molecule has 0 bridgehead atoms. The molecule has 4 aromatic rings. The van der Waals surface area contributed by atoms with E-state index in [0.717, 1.165) is 27.8 Å². The van der Waals surface area contributed by atoms with Crippen molar-refractivity contribution < 1.29 is 4.74 Å². The number of hydrogen-bond donors (Lipinski definition) is 0. The van der Waals surface area contributed by atoms with E-state index in [4.69, 9.17) is 16.3 Å². The van der Waals surface area contributed by atoms with Crippen LogP contribution in [0.25, 0.3) is 16.6 Å². The molecule has 3 aromatic heterocycles. The van der Waals surface area contributed by atoms with E-state index in [1.54, 1.807) is 6.20 Å². The average molecular weight is 324 g/mol. The van der Waals surface area contributed by atoms with Gasteiger partial charge in [-0.3, -0.25) is 4.98 Å². The Balaban J connectivity index is 1.66. The predicted molar refractivity (Wildman–Crippen MR) is 91.0 cm³/mol. The minimum absolute atomic E-state index is 0.383. The number of aromatic nitrogens is 3. The fraction of sp³-hybridized carbons (Fsp3) is 0.111. The van der Waals surface area contributed by atoms with Gasteiger partial charge in [0.15, 0.2) is 0 Å². The fourth-order valence-electron chi connectivity index (χ4n) is 2.65. The molecule has 0 saturated carbocycles. The second kappa shape index (κ2) is 5.56. The van der Waals surface area contributed by atoms with Crippen LogP contribution in [0.5, 0.6) is 5.75 Å². The molecular weight excluding hydrogens is 310 g/mol. The Bertz CT molecular complexity index is 1010. The van der Waals surface area contributed by atoms with E-state index in [0.29, 0.717) is 17.4 Å². The second-order valence-corrected chi connectivity index (χ2v) is 5.80. The molecule has 5 heteroatoms. The number of hydrogen-bond acceptors (Lipinski definition) is 3. The lowest BCUT2D eigenvalue weighted by molar-refractivity contribution is 0.305. The molecule has 4 rings (SSSR count). The molecule has 1 aromatic carbocycles. The van der Waals surface area contributed by atoms with Crippen molar-refractivity contribution in [3.63, 3.8) is 0 Å².